The summed E-state index contributed by atoms with van der Waals surface area (Å²) in [5.74, 6) is 0.886. The zero-order valence-corrected chi connectivity index (χ0v) is 10.6. The number of carbonyl (C=O) groups is 1. The minimum atomic E-state index is 0.0899. The van der Waals surface area contributed by atoms with E-state index in [0.717, 1.165) is 17.7 Å². The zero-order chi connectivity index (χ0) is 13.1. The van der Waals surface area contributed by atoms with Gasteiger partial charge in [0, 0.05) is 13.1 Å². The molecule has 1 saturated heterocycles. The van der Waals surface area contributed by atoms with Crippen molar-refractivity contribution in [1.29, 1.82) is 0 Å². The summed E-state index contributed by atoms with van der Waals surface area (Å²) in [6.07, 6.45) is 0. The van der Waals surface area contributed by atoms with Crippen molar-refractivity contribution < 1.29 is 9.53 Å². The van der Waals surface area contributed by atoms with Crippen LogP contribution in [0, 0.1) is 0 Å². The molecule has 0 saturated carbocycles. The van der Waals surface area contributed by atoms with Crippen LogP contribution in [0.3, 0.4) is 0 Å². The highest BCUT2D eigenvalue weighted by Gasteiger charge is 2.17. The number of fused-ring (bicyclic) bond motifs is 1. The Morgan fingerprint density at radius 1 is 1.16 bits per heavy atom. The molecule has 0 aliphatic carbocycles. The molecule has 2 aromatic carbocycles. The average molecular weight is 256 g/mol. The second-order valence-electron chi connectivity index (χ2n) is 4.62. The van der Waals surface area contributed by atoms with Gasteiger partial charge in [-0.1, -0.05) is 30.3 Å². The molecular formula is C15H16N2O2. The number of hydrogen-bond donors (Lipinski definition) is 1. The van der Waals surface area contributed by atoms with Crippen molar-refractivity contribution in [2.75, 3.05) is 26.4 Å². The molecule has 1 fully saturated rings. The van der Waals surface area contributed by atoms with Crippen LogP contribution in [-0.4, -0.2) is 37.2 Å². The van der Waals surface area contributed by atoms with Gasteiger partial charge in [-0.05, 0) is 22.9 Å². The Hall–Kier alpha value is -2.07. The molecule has 0 bridgehead atoms. The summed E-state index contributed by atoms with van der Waals surface area (Å²) < 4.78 is 5.70. The Kier molecular flexibility index (Phi) is 3.33. The quantitative estimate of drug-likeness (QED) is 0.907. The van der Waals surface area contributed by atoms with Gasteiger partial charge in [0.05, 0.1) is 6.54 Å². The molecule has 1 aliphatic rings. The van der Waals surface area contributed by atoms with Crippen LogP contribution < -0.4 is 10.1 Å². The van der Waals surface area contributed by atoms with E-state index in [1.54, 1.807) is 4.90 Å². The average Bonchev–Trinajstić information content (AvgIpc) is 2.46. The van der Waals surface area contributed by atoms with E-state index in [2.05, 4.69) is 17.4 Å². The van der Waals surface area contributed by atoms with Gasteiger partial charge < -0.3 is 15.0 Å². The van der Waals surface area contributed by atoms with Crippen molar-refractivity contribution in [3.63, 3.8) is 0 Å². The van der Waals surface area contributed by atoms with Crippen molar-refractivity contribution in [2.45, 2.75) is 0 Å². The lowest BCUT2D eigenvalue weighted by Gasteiger charge is -2.27. The number of piperazine rings is 1. The van der Waals surface area contributed by atoms with E-state index in [0.29, 0.717) is 19.8 Å². The largest absolute Gasteiger partial charge is 0.473 e. The Morgan fingerprint density at radius 3 is 2.84 bits per heavy atom. The monoisotopic (exact) mass is 256 g/mol. The fraction of sp³-hybridized carbons (Fsp3) is 0.267. The van der Waals surface area contributed by atoms with Gasteiger partial charge in [-0.15, -0.1) is 0 Å². The molecule has 1 N–H and O–H groups in total. The standard InChI is InChI=1S/C15H16N2O2/c18-15-10-16-7-8-17(15)11-19-14-6-5-12-3-1-2-4-13(12)9-14/h1-6,9,16H,7-8,10-11H2. The molecule has 4 nitrogen and oxygen atoms in total. The van der Waals surface area contributed by atoms with Gasteiger partial charge in [0.25, 0.3) is 0 Å². The van der Waals surface area contributed by atoms with Crippen molar-refractivity contribution in [3.8, 4) is 5.75 Å². The van der Waals surface area contributed by atoms with Gasteiger partial charge in [0.1, 0.15) is 5.75 Å². The first-order valence-corrected chi connectivity index (χ1v) is 6.43. The molecule has 0 spiro atoms. The highest BCUT2D eigenvalue weighted by molar-refractivity contribution is 5.83. The molecule has 2 aromatic rings. The van der Waals surface area contributed by atoms with Crippen LogP contribution in [0.15, 0.2) is 42.5 Å². The van der Waals surface area contributed by atoms with Crippen molar-refractivity contribution in [2.24, 2.45) is 0 Å². The minimum absolute atomic E-state index is 0.0899. The summed E-state index contributed by atoms with van der Waals surface area (Å²) in [6, 6.07) is 14.1. The second-order valence-corrected chi connectivity index (χ2v) is 4.62. The van der Waals surface area contributed by atoms with E-state index in [1.165, 1.54) is 5.39 Å². The fourth-order valence-corrected chi connectivity index (χ4v) is 2.19. The van der Waals surface area contributed by atoms with E-state index in [9.17, 15) is 4.79 Å². The molecule has 0 unspecified atom stereocenters. The predicted molar refractivity (Wildman–Crippen MR) is 74.0 cm³/mol. The number of carbonyl (C=O) groups excluding carboxylic acids is 1. The number of ether oxygens (including phenoxy) is 1. The summed E-state index contributed by atoms with van der Waals surface area (Å²) in [6.45, 7) is 2.25. The molecule has 98 valence electrons. The Balaban J connectivity index is 1.69. The van der Waals surface area contributed by atoms with E-state index in [1.807, 2.05) is 30.3 Å². The maximum atomic E-state index is 11.6. The Morgan fingerprint density at radius 2 is 2.00 bits per heavy atom. The molecule has 1 heterocycles. The van der Waals surface area contributed by atoms with Crippen LogP contribution in [0.4, 0.5) is 0 Å². The SMILES string of the molecule is O=C1CNCCN1COc1ccc2ccccc2c1. The third-order valence-electron chi connectivity index (χ3n) is 3.30. The first-order chi connectivity index (χ1) is 9.33. The summed E-state index contributed by atoms with van der Waals surface area (Å²) in [7, 11) is 0. The highest BCUT2D eigenvalue weighted by atomic mass is 16.5. The minimum Gasteiger partial charge on any atom is -0.473 e. The van der Waals surface area contributed by atoms with Crippen molar-refractivity contribution in [1.82, 2.24) is 10.2 Å². The topological polar surface area (TPSA) is 41.6 Å². The lowest BCUT2D eigenvalue weighted by molar-refractivity contribution is -0.134. The lowest BCUT2D eigenvalue weighted by atomic mass is 10.1. The molecule has 1 aliphatic heterocycles. The zero-order valence-electron chi connectivity index (χ0n) is 10.6. The molecule has 0 radical (unpaired) electrons. The predicted octanol–water partition coefficient (Wildman–Crippen LogP) is 1.61. The van der Waals surface area contributed by atoms with Crippen molar-refractivity contribution >= 4 is 16.7 Å². The second kappa shape index (κ2) is 5.28. The van der Waals surface area contributed by atoms with Gasteiger partial charge in [-0.3, -0.25) is 4.79 Å². The number of nitrogens with zero attached hydrogens (tertiary/aromatic N) is 1. The first kappa shape index (κ1) is 12.0. The van der Waals surface area contributed by atoms with Gasteiger partial charge >= 0.3 is 0 Å². The van der Waals surface area contributed by atoms with E-state index < -0.39 is 0 Å². The van der Waals surface area contributed by atoms with E-state index in [-0.39, 0.29) is 5.91 Å². The summed E-state index contributed by atoms with van der Waals surface area (Å²) >= 11 is 0. The van der Waals surface area contributed by atoms with Gasteiger partial charge in [0.15, 0.2) is 6.73 Å². The normalized spacial score (nSPS) is 15.8. The maximum absolute atomic E-state index is 11.6. The smallest absolute Gasteiger partial charge is 0.239 e. The lowest BCUT2D eigenvalue weighted by Crippen LogP contribution is -2.49. The number of hydrogen-bond acceptors (Lipinski definition) is 3. The molecule has 4 heteroatoms. The van der Waals surface area contributed by atoms with Crippen LogP contribution >= 0.6 is 0 Å². The molecule has 3 rings (SSSR count). The summed E-state index contributed by atoms with van der Waals surface area (Å²) in [5, 5.41) is 5.37. The molecule has 0 aromatic heterocycles. The molecular weight excluding hydrogens is 240 g/mol. The fourth-order valence-electron chi connectivity index (χ4n) is 2.19. The van der Waals surface area contributed by atoms with Crippen LogP contribution in [0.1, 0.15) is 0 Å². The van der Waals surface area contributed by atoms with Crippen LogP contribution in [-0.2, 0) is 4.79 Å². The molecule has 1 amide bonds. The van der Waals surface area contributed by atoms with Gasteiger partial charge in [-0.2, -0.15) is 0 Å². The summed E-state index contributed by atoms with van der Waals surface area (Å²) in [5.41, 5.74) is 0. The number of rotatable bonds is 3. The Labute approximate surface area is 112 Å². The number of benzene rings is 2. The van der Waals surface area contributed by atoms with Gasteiger partial charge in [-0.25, -0.2) is 0 Å². The van der Waals surface area contributed by atoms with Crippen LogP contribution in [0.2, 0.25) is 0 Å². The van der Waals surface area contributed by atoms with Crippen LogP contribution in [0.25, 0.3) is 10.8 Å². The maximum Gasteiger partial charge on any atom is 0.239 e. The third kappa shape index (κ3) is 2.69. The van der Waals surface area contributed by atoms with Crippen molar-refractivity contribution in [3.05, 3.63) is 42.5 Å². The number of nitrogens with one attached hydrogen (secondary N) is 1. The van der Waals surface area contributed by atoms with E-state index in [4.69, 9.17) is 4.74 Å². The number of amides is 1. The Bertz CT molecular complexity index is 597. The van der Waals surface area contributed by atoms with E-state index >= 15 is 0 Å². The van der Waals surface area contributed by atoms with Crippen LogP contribution in [0.5, 0.6) is 5.75 Å². The summed E-state index contributed by atoms with van der Waals surface area (Å²) in [4.78, 5) is 13.3. The third-order valence-corrected chi connectivity index (χ3v) is 3.30. The molecule has 0 atom stereocenters. The molecule has 19 heavy (non-hydrogen) atoms. The van der Waals surface area contributed by atoms with Gasteiger partial charge in [0.2, 0.25) is 5.91 Å². The first-order valence-electron chi connectivity index (χ1n) is 6.43. The highest BCUT2D eigenvalue weighted by Crippen LogP contribution is 2.20.